The van der Waals surface area contributed by atoms with Crippen molar-refractivity contribution >= 4 is 39.8 Å². The summed E-state index contributed by atoms with van der Waals surface area (Å²) in [6.45, 7) is 1.93. The minimum absolute atomic E-state index is 0.00215. The van der Waals surface area contributed by atoms with Crippen molar-refractivity contribution < 1.29 is 23.4 Å². The van der Waals surface area contributed by atoms with Crippen molar-refractivity contribution in [2.75, 3.05) is 19.5 Å². The van der Waals surface area contributed by atoms with Gasteiger partial charge in [-0.25, -0.2) is 4.39 Å². The van der Waals surface area contributed by atoms with Crippen LogP contribution in [0.4, 0.5) is 10.1 Å². The first-order valence-corrected chi connectivity index (χ1v) is 11.4. The van der Waals surface area contributed by atoms with Crippen molar-refractivity contribution in [1.29, 1.82) is 0 Å². The number of hydrogen-bond acceptors (Lipinski definition) is 6. The number of rotatable bonds is 7. The summed E-state index contributed by atoms with van der Waals surface area (Å²) < 4.78 is 31.5. The number of anilines is 1. The first kappa shape index (κ1) is 24.9. The summed E-state index contributed by atoms with van der Waals surface area (Å²) in [4.78, 5) is 16.7. The number of fused-ring (bicyclic) bond motifs is 1. The van der Waals surface area contributed by atoms with Gasteiger partial charge in [-0.1, -0.05) is 24.3 Å². The maximum absolute atomic E-state index is 14.8. The van der Waals surface area contributed by atoms with Gasteiger partial charge in [0.15, 0.2) is 16.6 Å². The van der Waals surface area contributed by atoms with Gasteiger partial charge in [0, 0.05) is 23.7 Å². The lowest BCUT2D eigenvalue weighted by molar-refractivity contribution is -0.119. The zero-order valence-electron chi connectivity index (χ0n) is 19.9. The molecule has 4 aromatic rings. The second-order valence-electron chi connectivity index (χ2n) is 7.88. The highest BCUT2D eigenvalue weighted by Gasteiger charge is 2.14. The van der Waals surface area contributed by atoms with E-state index in [-0.39, 0.29) is 28.9 Å². The molecule has 4 rings (SSSR count). The summed E-state index contributed by atoms with van der Waals surface area (Å²) in [5.74, 6) is 0.916. The number of nitrogens with zero attached hydrogens (tertiary/aromatic N) is 1. The number of carbonyl (C=O) groups excluding carboxylic acids is 1. The van der Waals surface area contributed by atoms with Crippen molar-refractivity contribution in [2.45, 2.75) is 13.3 Å². The smallest absolute Gasteiger partial charge is 0.230 e. The van der Waals surface area contributed by atoms with Gasteiger partial charge in [-0.2, -0.15) is 0 Å². The molecule has 0 spiro atoms. The fourth-order valence-corrected chi connectivity index (χ4v) is 3.85. The number of pyridine rings is 1. The molecule has 2 N–H and O–H groups in total. The molecule has 9 heteroatoms. The van der Waals surface area contributed by atoms with Gasteiger partial charge in [-0.15, -0.1) is 0 Å². The van der Waals surface area contributed by atoms with E-state index in [4.69, 9.17) is 26.4 Å². The van der Waals surface area contributed by atoms with E-state index in [0.717, 1.165) is 11.1 Å². The number of amides is 1. The van der Waals surface area contributed by atoms with Gasteiger partial charge in [0.25, 0.3) is 0 Å². The Kier molecular flexibility index (Phi) is 7.60. The third-order valence-corrected chi connectivity index (χ3v) is 5.69. The quantitative estimate of drug-likeness (QED) is 0.319. The predicted octanol–water partition coefficient (Wildman–Crippen LogP) is 5.55. The van der Waals surface area contributed by atoms with Crippen LogP contribution in [0.5, 0.6) is 23.0 Å². The van der Waals surface area contributed by atoms with Crippen LogP contribution in [-0.4, -0.2) is 30.2 Å². The van der Waals surface area contributed by atoms with E-state index in [1.165, 1.54) is 19.2 Å². The Morgan fingerprint density at radius 2 is 1.75 bits per heavy atom. The average molecular weight is 506 g/mol. The lowest BCUT2D eigenvalue weighted by Gasteiger charge is -2.14. The topological polar surface area (TPSA) is 81.7 Å². The van der Waals surface area contributed by atoms with Crippen LogP contribution >= 0.6 is 12.2 Å². The van der Waals surface area contributed by atoms with Crippen LogP contribution in [-0.2, 0) is 11.2 Å². The summed E-state index contributed by atoms with van der Waals surface area (Å²) in [7, 11) is 3.08. The second-order valence-corrected chi connectivity index (χ2v) is 8.29. The number of halogens is 1. The molecule has 0 unspecified atom stereocenters. The molecule has 0 bridgehead atoms. The Bertz CT molecular complexity index is 1440. The van der Waals surface area contributed by atoms with E-state index >= 15 is 0 Å². The summed E-state index contributed by atoms with van der Waals surface area (Å²) in [6.07, 6.45) is 1.76. The number of methoxy groups -OCH3 is 2. The van der Waals surface area contributed by atoms with Gasteiger partial charge in [0.2, 0.25) is 5.91 Å². The third kappa shape index (κ3) is 5.69. The normalized spacial score (nSPS) is 10.6. The van der Waals surface area contributed by atoms with Gasteiger partial charge in [0.1, 0.15) is 17.3 Å². The van der Waals surface area contributed by atoms with E-state index in [0.29, 0.717) is 28.2 Å². The van der Waals surface area contributed by atoms with E-state index in [1.807, 2.05) is 31.2 Å². The standard InChI is InChI=1S/C27H24FN3O4S/c1-16-6-4-5-7-17(16)12-26(32)31-27(36)30-21-9-8-18(13-20(21)28)35-23-10-11-29-22-15-25(34-3)24(33-2)14-19(22)23/h4-11,13-15H,12H2,1-3H3,(H2,30,31,32,36). The van der Waals surface area contributed by atoms with E-state index in [9.17, 15) is 9.18 Å². The summed E-state index contributed by atoms with van der Waals surface area (Å²) in [6, 6.07) is 17.1. The molecule has 36 heavy (non-hydrogen) atoms. The van der Waals surface area contributed by atoms with Crippen LogP contribution in [0.2, 0.25) is 0 Å². The van der Waals surface area contributed by atoms with Gasteiger partial charge in [-0.3, -0.25) is 9.78 Å². The van der Waals surface area contributed by atoms with E-state index in [1.54, 1.807) is 37.6 Å². The van der Waals surface area contributed by atoms with Gasteiger partial charge in [0.05, 0.1) is 31.8 Å². The zero-order valence-corrected chi connectivity index (χ0v) is 20.7. The van der Waals surface area contributed by atoms with Gasteiger partial charge < -0.3 is 24.8 Å². The maximum atomic E-state index is 14.8. The van der Waals surface area contributed by atoms with Gasteiger partial charge >= 0.3 is 0 Å². The minimum atomic E-state index is -0.597. The lowest BCUT2D eigenvalue weighted by Crippen LogP contribution is -2.35. The molecule has 0 aliphatic heterocycles. The number of nitrogens with one attached hydrogen (secondary N) is 2. The van der Waals surface area contributed by atoms with Crippen molar-refractivity contribution in [3.8, 4) is 23.0 Å². The van der Waals surface area contributed by atoms with Crippen LogP contribution in [0.1, 0.15) is 11.1 Å². The number of aryl methyl sites for hydroxylation is 1. The summed E-state index contributed by atoms with van der Waals surface area (Å²) in [5, 5.41) is 5.98. The Morgan fingerprint density at radius 1 is 1.00 bits per heavy atom. The molecule has 1 amide bonds. The Morgan fingerprint density at radius 3 is 2.47 bits per heavy atom. The lowest BCUT2D eigenvalue weighted by atomic mass is 10.1. The molecule has 184 valence electrons. The van der Waals surface area contributed by atoms with Crippen molar-refractivity contribution in [2.24, 2.45) is 0 Å². The number of thiocarbonyl (C=S) groups is 1. The highest BCUT2D eigenvalue weighted by Crippen LogP contribution is 2.37. The van der Waals surface area contributed by atoms with Crippen LogP contribution in [0.3, 0.4) is 0 Å². The maximum Gasteiger partial charge on any atom is 0.230 e. The van der Waals surface area contributed by atoms with Crippen LogP contribution in [0.15, 0.2) is 66.9 Å². The molecule has 0 aliphatic rings. The van der Waals surface area contributed by atoms with E-state index in [2.05, 4.69) is 15.6 Å². The average Bonchev–Trinajstić information content (AvgIpc) is 2.86. The Labute approximate surface area is 213 Å². The highest BCUT2D eigenvalue weighted by molar-refractivity contribution is 7.80. The summed E-state index contributed by atoms with van der Waals surface area (Å²) >= 11 is 5.19. The Balaban J connectivity index is 1.45. The minimum Gasteiger partial charge on any atom is -0.493 e. The molecular formula is C27H24FN3O4S. The monoisotopic (exact) mass is 505 g/mol. The molecular weight excluding hydrogens is 481 g/mol. The molecule has 0 atom stereocenters. The largest absolute Gasteiger partial charge is 0.493 e. The number of hydrogen-bond donors (Lipinski definition) is 2. The molecule has 0 saturated carbocycles. The van der Waals surface area contributed by atoms with Gasteiger partial charge in [-0.05, 0) is 54.5 Å². The molecule has 1 heterocycles. The first-order chi connectivity index (χ1) is 17.4. The Hall–Kier alpha value is -4.24. The fraction of sp³-hybridized carbons (Fsp3) is 0.148. The number of carbonyl (C=O) groups is 1. The molecule has 0 aliphatic carbocycles. The molecule has 3 aromatic carbocycles. The SMILES string of the molecule is COc1cc2nccc(Oc3ccc(NC(=S)NC(=O)Cc4ccccc4C)c(F)c3)c2cc1OC. The van der Waals surface area contributed by atoms with Crippen molar-refractivity contribution in [1.82, 2.24) is 10.3 Å². The third-order valence-electron chi connectivity index (χ3n) is 5.49. The van der Waals surface area contributed by atoms with E-state index < -0.39 is 5.82 Å². The fourth-order valence-electron chi connectivity index (χ4n) is 3.63. The molecule has 7 nitrogen and oxygen atoms in total. The zero-order chi connectivity index (χ0) is 25.7. The van der Waals surface area contributed by atoms with Crippen LogP contribution in [0.25, 0.3) is 10.9 Å². The highest BCUT2D eigenvalue weighted by atomic mass is 32.1. The molecule has 0 saturated heterocycles. The first-order valence-electron chi connectivity index (χ1n) is 11.0. The number of benzene rings is 3. The predicted molar refractivity (Wildman–Crippen MR) is 141 cm³/mol. The summed E-state index contributed by atoms with van der Waals surface area (Å²) in [5.41, 5.74) is 2.64. The van der Waals surface area contributed by atoms with Crippen molar-refractivity contribution in [3.63, 3.8) is 0 Å². The number of ether oxygens (including phenoxy) is 3. The van der Waals surface area contributed by atoms with Crippen molar-refractivity contribution in [3.05, 3.63) is 83.8 Å². The molecule has 0 radical (unpaired) electrons. The molecule has 0 fully saturated rings. The van der Waals surface area contributed by atoms with Crippen LogP contribution in [0, 0.1) is 12.7 Å². The second kappa shape index (κ2) is 11.0. The molecule has 1 aromatic heterocycles. The van der Waals surface area contributed by atoms with Crippen LogP contribution < -0.4 is 24.8 Å². The number of aromatic nitrogens is 1.